The molecule has 17 heavy (non-hydrogen) atoms. The second-order valence-corrected chi connectivity index (χ2v) is 6.90. The third-order valence-electron chi connectivity index (χ3n) is 4.18. The summed E-state index contributed by atoms with van der Waals surface area (Å²) in [4.78, 5) is 6.56. The van der Waals surface area contributed by atoms with Crippen LogP contribution in [0.5, 0.6) is 0 Å². The first kappa shape index (κ1) is 11.7. The molecule has 1 aliphatic carbocycles. The van der Waals surface area contributed by atoms with Crippen molar-refractivity contribution >= 4 is 11.3 Å². The number of aromatic nitrogens is 1. The molecule has 2 nitrogen and oxygen atoms in total. The van der Waals surface area contributed by atoms with Crippen LogP contribution < -0.4 is 5.32 Å². The molecule has 94 valence electrons. The van der Waals surface area contributed by atoms with Gasteiger partial charge < -0.3 is 5.32 Å². The van der Waals surface area contributed by atoms with Gasteiger partial charge in [-0.3, -0.25) is 0 Å². The second-order valence-electron chi connectivity index (χ2n) is 5.83. The third kappa shape index (κ3) is 2.27. The minimum Gasteiger partial charge on any atom is -0.317 e. The zero-order chi connectivity index (χ0) is 11.8. The molecular formula is C14H22N2S. The molecule has 1 saturated heterocycles. The fourth-order valence-electron chi connectivity index (χ4n) is 3.28. The summed E-state index contributed by atoms with van der Waals surface area (Å²) in [5.41, 5.74) is 1.43. The van der Waals surface area contributed by atoms with Gasteiger partial charge in [-0.2, -0.15) is 0 Å². The zero-order valence-electron chi connectivity index (χ0n) is 10.8. The van der Waals surface area contributed by atoms with Crippen LogP contribution in [0, 0.1) is 5.92 Å². The van der Waals surface area contributed by atoms with E-state index < -0.39 is 0 Å². The monoisotopic (exact) mass is 250 g/mol. The molecule has 3 rings (SSSR count). The number of rotatable bonds is 1. The number of nitrogens with zero attached hydrogens (tertiary/aromatic N) is 1. The van der Waals surface area contributed by atoms with Gasteiger partial charge in [-0.05, 0) is 50.6 Å². The predicted molar refractivity (Wildman–Crippen MR) is 72.9 cm³/mol. The first-order chi connectivity index (χ1) is 8.24. The molecule has 1 aromatic rings. The highest BCUT2D eigenvalue weighted by Crippen LogP contribution is 2.40. The quantitative estimate of drug-likeness (QED) is 0.827. The maximum absolute atomic E-state index is 4.97. The Bertz CT molecular complexity index is 393. The van der Waals surface area contributed by atoms with E-state index in [1.54, 1.807) is 4.88 Å². The van der Waals surface area contributed by atoms with Gasteiger partial charge in [0.2, 0.25) is 0 Å². The molecule has 2 atom stereocenters. The van der Waals surface area contributed by atoms with Gasteiger partial charge in [0.25, 0.3) is 0 Å². The minimum absolute atomic E-state index is 0.731. The molecule has 2 heterocycles. The summed E-state index contributed by atoms with van der Waals surface area (Å²) in [6, 6.07) is 0. The van der Waals surface area contributed by atoms with Gasteiger partial charge in [-0.25, -0.2) is 4.98 Å². The van der Waals surface area contributed by atoms with E-state index >= 15 is 0 Å². The van der Waals surface area contributed by atoms with Crippen LogP contribution in [0.25, 0.3) is 0 Å². The summed E-state index contributed by atoms with van der Waals surface area (Å²) in [6.45, 7) is 7.07. The average Bonchev–Trinajstić information content (AvgIpc) is 2.74. The van der Waals surface area contributed by atoms with Crippen LogP contribution >= 0.6 is 11.3 Å². The Labute approximate surface area is 108 Å². The van der Waals surface area contributed by atoms with Crippen molar-refractivity contribution in [3.63, 3.8) is 0 Å². The fraction of sp³-hybridized carbons (Fsp3) is 0.786. The lowest BCUT2D eigenvalue weighted by Gasteiger charge is -2.22. The number of thiazole rings is 1. The number of nitrogens with one attached hydrogen (secondary N) is 1. The number of hydrogen-bond donors (Lipinski definition) is 1. The minimum atomic E-state index is 0.731. The van der Waals surface area contributed by atoms with Crippen LogP contribution in [0.2, 0.25) is 0 Å². The van der Waals surface area contributed by atoms with Gasteiger partial charge in [-0.15, -0.1) is 11.3 Å². The molecule has 3 heteroatoms. The highest BCUT2D eigenvalue weighted by Gasteiger charge is 2.28. The van der Waals surface area contributed by atoms with E-state index in [1.165, 1.54) is 49.5 Å². The van der Waals surface area contributed by atoms with E-state index in [0.29, 0.717) is 0 Å². The van der Waals surface area contributed by atoms with Gasteiger partial charge in [0.15, 0.2) is 0 Å². The molecule has 1 aliphatic heterocycles. The number of fused-ring (bicyclic) bond motifs is 1. The van der Waals surface area contributed by atoms with Crippen LogP contribution in [-0.4, -0.2) is 18.1 Å². The lowest BCUT2D eigenvalue weighted by molar-refractivity contribution is 0.443. The summed E-state index contributed by atoms with van der Waals surface area (Å²) in [6.07, 6.45) is 5.11. The zero-order valence-corrected chi connectivity index (χ0v) is 11.6. The van der Waals surface area contributed by atoms with Crippen molar-refractivity contribution in [2.75, 3.05) is 13.1 Å². The molecule has 0 radical (unpaired) electrons. The molecule has 0 saturated carbocycles. The Morgan fingerprint density at radius 3 is 2.76 bits per heavy atom. The molecule has 2 aliphatic rings. The predicted octanol–water partition coefficient (Wildman–Crippen LogP) is 3.30. The smallest absolute Gasteiger partial charge is 0.0963 e. The van der Waals surface area contributed by atoms with Crippen molar-refractivity contribution in [2.24, 2.45) is 5.92 Å². The summed E-state index contributed by atoms with van der Waals surface area (Å²) in [5.74, 6) is 2.29. The molecule has 0 aromatic carbocycles. The maximum atomic E-state index is 4.97. The molecular weight excluding hydrogens is 228 g/mol. The first-order valence-electron chi connectivity index (χ1n) is 6.94. The largest absolute Gasteiger partial charge is 0.317 e. The highest BCUT2D eigenvalue weighted by molar-refractivity contribution is 7.12. The Balaban J connectivity index is 1.85. The molecule has 1 aromatic heterocycles. The second kappa shape index (κ2) is 4.69. The molecule has 1 fully saturated rings. The molecule has 1 N–H and O–H groups in total. The molecule has 0 amide bonds. The van der Waals surface area contributed by atoms with Crippen LogP contribution in [0.1, 0.15) is 60.5 Å². The topological polar surface area (TPSA) is 24.9 Å². The molecule has 2 unspecified atom stereocenters. The highest BCUT2D eigenvalue weighted by atomic mass is 32.1. The molecule has 0 spiro atoms. The van der Waals surface area contributed by atoms with Crippen molar-refractivity contribution in [2.45, 2.75) is 51.4 Å². The van der Waals surface area contributed by atoms with Gasteiger partial charge in [0, 0.05) is 10.8 Å². The average molecular weight is 250 g/mol. The van der Waals surface area contributed by atoms with E-state index in [0.717, 1.165) is 17.8 Å². The van der Waals surface area contributed by atoms with Gasteiger partial charge in [0.05, 0.1) is 10.7 Å². The Kier molecular flexibility index (Phi) is 3.22. The SMILES string of the molecule is CC1Cc2nc(C3CCNCC3)sc2C(C)C1. The summed E-state index contributed by atoms with van der Waals surface area (Å²) >= 11 is 2.01. The van der Waals surface area contributed by atoms with Crippen LogP contribution in [0.15, 0.2) is 0 Å². The summed E-state index contributed by atoms with van der Waals surface area (Å²) < 4.78 is 0. The van der Waals surface area contributed by atoms with Crippen molar-refractivity contribution in [1.29, 1.82) is 0 Å². The van der Waals surface area contributed by atoms with Crippen LogP contribution in [0.3, 0.4) is 0 Å². The fourth-order valence-corrected chi connectivity index (χ4v) is 4.61. The van der Waals surface area contributed by atoms with Gasteiger partial charge in [0.1, 0.15) is 0 Å². The van der Waals surface area contributed by atoms with Crippen LogP contribution in [-0.2, 0) is 6.42 Å². The Hall–Kier alpha value is -0.410. The van der Waals surface area contributed by atoms with E-state index in [1.807, 2.05) is 11.3 Å². The van der Waals surface area contributed by atoms with Gasteiger partial charge in [-0.1, -0.05) is 13.8 Å². The third-order valence-corrected chi connectivity index (χ3v) is 5.67. The van der Waals surface area contributed by atoms with E-state index in [4.69, 9.17) is 4.98 Å². The number of hydrogen-bond acceptors (Lipinski definition) is 3. The van der Waals surface area contributed by atoms with Gasteiger partial charge >= 0.3 is 0 Å². The van der Waals surface area contributed by atoms with Crippen LogP contribution in [0.4, 0.5) is 0 Å². The van der Waals surface area contributed by atoms with E-state index in [-0.39, 0.29) is 0 Å². The molecule has 0 bridgehead atoms. The lowest BCUT2D eigenvalue weighted by atomic mass is 9.86. The van der Waals surface area contributed by atoms with E-state index in [2.05, 4.69) is 19.2 Å². The standard InChI is InChI=1S/C14H22N2S/c1-9-7-10(2)13-12(8-9)16-14(17-13)11-3-5-15-6-4-11/h9-11,15H,3-8H2,1-2H3. The Morgan fingerprint density at radius 2 is 2.00 bits per heavy atom. The van der Waals surface area contributed by atoms with Crippen molar-refractivity contribution in [1.82, 2.24) is 10.3 Å². The first-order valence-corrected chi connectivity index (χ1v) is 7.76. The lowest BCUT2D eigenvalue weighted by Crippen LogP contribution is -2.26. The Morgan fingerprint density at radius 1 is 1.24 bits per heavy atom. The van der Waals surface area contributed by atoms with Crippen molar-refractivity contribution in [3.05, 3.63) is 15.6 Å². The maximum Gasteiger partial charge on any atom is 0.0963 e. The number of piperidine rings is 1. The normalized spacial score (nSPS) is 30.2. The summed E-state index contributed by atoms with van der Waals surface area (Å²) in [5, 5.41) is 4.87. The summed E-state index contributed by atoms with van der Waals surface area (Å²) in [7, 11) is 0. The van der Waals surface area contributed by atoms with Crippen molar-refractivity contribution < 1.29 is 0 Å². The van der Waals surface area contributed by atoms with E-state index in [9.17, 15) is 0 Å². The van der Waals surface area contributed by atoms with Crippen molar-refractivity contribution in [3.8, 4) is 0 Å².